The van der Waals surface area contributed by atoms with Crippen molar-refractivity contribution in [2.24, 2.45) is 0 Å². The fourth-order valence-electron chi connectivity index (χ4n) is 4.83. The first-order chi connectivity index (χ1) is 18.3. The zero-order valence-corrected chi connectivity index (χ0v) is 22.5. The maximum atomic E-state index is 13.2. The number of methoxy groups -OCH3 is 1. The maximum Gasteiger partial charge on any atom is 0.252 e. The van der Waals surface area contributed by atoms with Gasteiger partial charge in [0.05, 0.1) is 18.7 Å². The summed E-state index contributed by atoms with van der Waals surface area (Å²) in [5, 5.41) is 13.8. The fraction of sp³-hybridized carbons (Fsp3) is 0.429. The van der Waals surface area contributed by atoms with E-state index in [1.807, 2.05) is 47.1 Å². The molecular formula is C28H34N6O4. The first-order valence-electron chi connectivity index (χ1n) is 12.9. The molecule has 200 valence electrons. The Morgan fingerprint density at radius 3 is 2.68 bits per heavy atom. The number of rotatable bonds is 10. The number of pyridine rings is 1. The minimum absolute atomic E-state index is 0.123. The lowest BCUT2D eigenvalue weighted by Crippen LogP contribution is -2.36. The second kappa shape index (κ2) is 10.4. The monoisotopic (exact) mass is 518 g/mol. The molecule has 38 heavy (non-hydrogen) atoms. The Kier molecular flexibility index (Phi) is 7.07. The summed E-state index contributed by atoms with van der Waals surface area (Å²) < 4.78 is 18.4. The molecule has 0 aliphatic carbocycles. The molecule has 0 fully saturated rings. The molecule has 0 amide bonds. The third-order valence-corrected chi connectivity index (χ3v) is 7.38. The lowest BCUT2D eigenvalue weighted by molar-refractivity contribution is 0.150. The highest BCUT2D eigenvalue weighted by molar-refractivity contribution is 5.80. The van der Waals surface area contributed by atoms with E-state index in [1.54, 1.807) is 7.11 Å². The van der Waals surface area contributed by atoms with Crippen molar-refractivity contribution < 1.29 is 14.2 Å². The molecule has 5 rings (SSSR count). The van der Waals surface area contributed by atoms with E-state index in [0.29, 0.717) is 18.7 Å². The Morgan fingerprint density at radius 2 is 1.92 bits per heavy atom. The Balaban J connectivity index is 1.56. The van der Waals surface area contributed by atoms with Crippen LogP contribution in [0.5, 0.6) is 17.2 Å². The minimum Gasteiger partial charge on any atom is -0.497 e. The van der Waals surface area contributed by atoms with Crippen LogP contribution in [0.15, 0.2) is 47.3 Å². The number of aromatic nitrogens is 5. The van der Waals surface area contributed by atoms with Crippen molar-refractivity contribution in [1.82, 2.24) is 30.1 Å². The standard InChI is InChI=1S/C28H34N6O4/c1-6-23(26-30-31-32-34(26)28(3,4)7-2)33(15-18-8-11-24-25(12-18)38-17-37-24)16-20-13-19-14-21(36-5)9-10-22(19)29-27(20)35/h8-14,23H,6-7,15-17H2,1-5H3,(H,29,35)/t23-/m0/s1. The van der Waals surface area contributed by atoms with Crippen molar-refractivity contribution in [3.63, 3.8) is 0 Å². The van der Waals surface area contributed by atoms with Crippen molar-refractivity contribution >= 4 is 10.9 Å². The van der Waals surface area contributed by atoms with Crippen molar-refractivity contribution in [2.75, 3.05) is 13.9 Å². The molecule has 0 unspecified atom stereocenters. The quantitative estimate of drug-likeness (QED) is 0.326. The molecule has 2 aromatic carbocycles. The van der Waals surface area contributed by atoms with Crippen molar-refractivity contribution in [1.29, 1.82) is 0 Å². The van der Waals surface area contributed by atoms with Gasteiger partial charge in [0.25, 0.3) is 5.56 Å². The Labute approximate surface area is 221 Å². The molecule has 2 aromatic heterocycles. The second-order valence-corrected chi connectivity index (χ2v) is 10.2. The van der Waals surface area contributed by atoms with Gasteiger partial charge in [0.2, 0.25) is 6.79 Å². The van der Waals surface area contributed by atoms with Crippen LogP contribution in [-0.4, -0.2) is 44.0 Å². The molecule has 1 N–H and O–H groups in total. The average Bonchev–Trinajstić information content (AvgIpc) is 3.59. The number of H-pyrrole nitrogens is 1. The summed E-state index contributed by atoms with van der Waals surface area (Å²) in [6.45, 7) is 9.67. The molecule has 0 radical (unpaired) electrons. The lowest BCUT2D eigenvalue weighted by atomic mass is 10.0. The second-order valence-electron chi connectivity index (χ2n) is 10.2. The molecule has 10 nitrogen and oxygen atoms in total. The Hall–Kier alpha value is -3.92. The van der Waals surface area contributed by atoms with Gasteiger partial charge in [-0.15, -0.1) is 5.10 Å². The Bertz CT molecular complexity index is 1490. The molecule has 1 atom stereocenters. The predicted octanol–water partition coefficient (Wildman–Crippen LogP) is 4.55. The van der Waals surface area contributed by atoms with E-state index in [0.717, 1.165) is 52.4 Å². The third-order valence-electron chi connectivity index (χ3n) is 7.38. The maximum absolute atomic E-state index is 13.2. The molecular weight excluding hydrogens is 484 g/mol. The van der Waals surface area contributed by atoms with E-state index in [-0.39, 0.29) is 23.9 Å². The van der Waals surface area contributed by atoms with Gasteiger partial charge >= 0.3 is 0 Å². The molecule has 1 aliphatic rings. The van der Waals surface area contributed by atoms with Crippen molar-refractivity contribution in [3.8, 4) is 17.2 Å². The molecule has 0 bridgehead atoms. The molecule has 0 saturated carbocycles. The summed E-state index contributed by atoms with van der Waals surface area (Å²) in [6, 6.07) is 13.4. The fourth-order valence-corrected chi connectivity index (χ4v) is 4.83. The number of nitrogens with one attached hydrogen (secondary N) is 1. The van der Waals surface area contributed by atoms with Crippen LogP contribution in [0, 0.1) is 0 Å². The molecule has 0 spiro atoms. The summed E-state index contributed by atoms with van der Waals surface area (Å²) in [5.41, 5.74) is 2.08. The van der Waals surface area contributed by atoms with Gasteiger partial charge in [-0.25, -0.2) is 4.68 Å². The van der Waals surface area contributed by atoms with Gasteiger partial charge in [0.15, 0.2) is 17.3 Å². The van der Waals surface area contributed by atoms with Gasteiger partial charge in [-0.1, -0.05) is 19.9 Å². The van der Waals surface area contributed by atoms with Crippen LogP contribution >= 0.6 is 0 Å². The first kappa shape index (κ1) is 25.7. The molecule has 1 aliphatic heterocycles. The average molecular weight is 519 g/mol. The topological polar surface area (TPSA) is 107 Å². The highest BCUT2D eigenvalue weighted by Crippen LogP contribution is 2.35. The van der Waals surface area contributed by atoms with Gasteiger partial charge in [-0.2, -0.15) is 0 Å². The molecule has 10 heteroatoms. The number of tetrazole rings is 1. The number of ether oxygens (including phenoxy) is 3. The van der Waals surface area contributed by atoms with Gasteiger partial charge in [-0.05, 0) is 79.1 Å². The van der Waals surface area contributed by atoms with E-state index >= 15 is 0 Å². The summed E-state index contributed by atoms with van der Waals surface area (Å²) in [6.07, 6.45) is 1.62. The van der Waals surface area contributed by atoms with Crippen LogP contribution in [0.1, 0.15) is 63.5 Å². The van der Waals surface area contributed by atoms with E-state index in [2.05, 4.69) is 53.1 Å². The number of aromatic amines is 1. The third kappa shape index (κ3) is 4.96. The lowest BCUT2D eigenvalue weighted by Gasteiger charge is -2.33. The largest absolute Gasteiger partial charge is 0.497 e. The summed E-state index contributed by atoms with van der Waals surface area (Å²) in [5.74, 6) is 2.98. The van der Waals surface area contributed by atoms with E-state index in [9.17, 15) is 4.79 Å². The zero-order chi connectivity index (χ0) is 26.9. The first-order valence-corrected chi connectivity index (χ1v) is 12.9. The van der Waals surface area contributed by atoms with Crippen LogP contribution in [-0.2, 0) is 18.6 Å². The summed E-state index contributed by atoms with van der Waals surface area (Å²) >= 11 is 0. The van der Waals surface area contributed by atoms with Gasteiger partial charge < -0.3 is 19.2 Å². The number of benzene rings is 2. The van der Waals surface area contributed by atoms with E-state index in [4.69, 9.17) is 14.2 Å². The summed E-state index contributed by atoms with van der Waals surface area (Å²) in [4.78, 5) is 18.5. The number of nitrogens with zero attached hydrogens (tertiary/aromatic N) is 5. The molecule has 4 aromatic rings. The SMILES string of the molecule is CC[C@@H](c1nnnn1C(C)(C)CC)N(Cc1ccc2c(c1)OCO2)Cc1cc2cc(OC)ccc2[nH]c1=O. The van der Waals surface area contributed by atoms with E-state index < -0.39 is 0 Å². The van der Waals surface area contributed by atoms with Gasteiger partial charge in [-0.3, -0.25) is 9.69 Å². The Morgan fingerprint density at radius 1 is 1.11 bits per heavy atom. The molecule has 3 heterocycles. The van der Waals surface area contributed by atoms with Crippen molar-refractivity contribution in [3.05, 3.63) is 69.8 Å². The van der Waals surface area contributed by atoms with Crippen LogP contribution in [0.4, 0.5) is 0 Å². The highest BCUT2D eigenvalue weighted by atomic mass is 16.7. The van der Waals surface area contributed by atoms with Gasteiger partial charge in [0, 0.05) is 29.6 Å². The smallest absolute Gasteiger partial charge is 0.252 e. The predicted molar refractivity (Wildman–Crippen MR) is 143 cm³/mol. The summed E-state index contributed by atoms with van der Waals surface area (Å²) in [7, 11) is 1.63. The number of hydrogen-bond acceptors (Lipinski definition) is 8. The van der Waals surface area contributed by atoms with E-state index in [1.165, 1.54) is 0 Å². The van der Waals surface area contributed by atoms with Crippen LogP contribution in [0.2, 0.25) is 0 Å². The van der Waals surface area contributed by atoms with Crippen LogP contribution < -0.4 is 19.8 Å². The van der Waals surface area contributed by atoms with Crippen molar-refractivity contribution in [2.45, 2.75) is 65.2 Å². The highest BCUT2D eigenvalue weighted by Gasteiger charge is 2.31. The number of fused-ring (bicyclic) bond motifs is 2. The van der Waals surface area contributed by atoms with Crippen LogP contribution in [0.25, 0.3) is 10.9 Å². The van der Waals surface area contributed by atoms with Gasteiger partial charge in [0.1, 0.15) is 5.75 Å². The zero-order valence-electron chi connectivity index (χ0n) is 22.5. The number of hydrogen-bond donors (Lipinski definition) is 1. The molecule has 0 saturated heterocycles. The normalized spacial score (nSPS) is 13.8. The van der Waals surface area contributed by atoms with Crippen LogP contribution in [0.3, 0.4) is 0 Å². The minimum atomic E-state index is -0.256.